The largest absolute Gasteiger partial charge is 0.488 e. The van der Waals surface area contributed by atoms with Gasteiger partial charge in [-0.05, 0) is 25.0 Å². The van der Waals surface area contributed by atoms with E-state index in [0.717, 1.165) is 4.90 Å². The molecule has 0 aliphatic carbocycles. The van der Waals surface area contributed by atoms with Crippen molar-refractivity contribution < 1.29 is 19.4 Å². The van der Waals surface area contributed by atoms with Gasteiger partial charge in [0.1, 0.15) is 18.2 Å². The Balaban J connectivity index is 1.99. The number of aliphatic hydroxyl groups excluding tert-OH is 1. The van der Waals surface area contributed by atoms with Gasteiger partial charge in [0.05, 0.1) is 16.6 Å². The van der Waals surface area contributed by atoms with Gasteiger partial charge < -0.3 is 15.2 Å². The number of urea groups is 1. The minimum atomic E-state index is -1.06. The highest BCUT2D eigenvalue weighted by Gasteiger charge is 2.48. The second kappa shape index (κ2) is 7.59. The first-order valence-corrected chi connectivity index (χ1v) is 8.49. The predicted octanol–water partition coefficient (Wildman–Crippen LogP) is 2.84. The standard InChI is InChI=1S/C16H20Cl2N2O4/c1-3-16(4-2)14(22)20(15(23)19-16)8-10(21)9-24-13-11(17)6-5-7-12(13)18/h5-7,10,21H,3-4,8-9H2,1-2H3,(H,19,23). The highest BCUT2D eigenvalue weighted by molar-refractivity contribution is 6.37. The van der Waals surface area contributed by atoms with Gasteiger partial charge in [-0.15, -0.1) is 0 Å². The van der Waals surface area contributed by atoms with Gasteiger partial charge in [0.15, 0.2) is 5.75 Å². The third kappa shape index (κ3) is 3.61. The zero-order chi connectivity index (χ0) is 17.9. The summed E-state index contributed by atoms with van der Waals surface area (Å²) < 4.78 is 5.43. The average Bonchev–Trinajstić information content (AvgIpc) is 2.79. The Morgan fingerprint density at radius 2 is 1.83 bits per heavy atom. The lowest BCUT2D eigenvalue weighted by molar-refractivity contribution is -0.132. The highest BCUT2D eigenvalue weighted by atomic mass is 35.5. The van der Waals surface area contributed by atoms with E-state index < -0.39 is 17.7 Å². The zero-order valence-corrected chi connectivity index (χ0v) is 15.0. The summed E-state index contributed by atoms with van der Waals surface area (Å²) in [4.78, 5) is 25.5. The Bertz CT molecular complexity index is 614. The van der Waals surface area contributed by atoms with Crippen LogP contribution in [0.4, 0.5) is 4.79 Å². The van der Waals surface area contributed by atoms with Crippen LogP contribution < -0.4 is 10.1 Å². The van der Waals surface area contributed by atoms with Gasteiger partial charge in [-0.2, -0.15) is 0 Å². The molecule has 1 aromatic rings. The lowest BCUT2D eigenvalue weighted by atomic mass is 9.93. The van der Waals surface area contributed by atoms with Gasteiger partial charge in [-0.25, -0.2) is 4.79 Å². The molecule has 6 nitrogen and oxygen atoms in total. The molecule has 0 aromatic heterocycles. The predicted molar refractivity (Wildman–Crippen MR) is 91.5 cm³/mol. The molecule has 1 atom stereocenters. The molecule has 1 aliphatic heterocycles. The van der Waals surface area contributed by atoms with Crippen molar-refractivity contribution in [3.05, 3.63) is 28.2 Å². The number of β-amino-alcohol motifs (C(OH)–C–C–N with tert-alkyl or cyclic N) is 1. The minimum Gasteiger partial charge on any atom is -0.488 e. The van der Waals surface area contributed by atoms with Crippen LogP contribution in [0.2, 0.25) is 10.0 Å². The molecule has 0 radical (unpaired) electrons. The number of hydrogen-bond donors (Lipinski definition) is 2. The molecule has 0 bridgehead atoms. The summed E-state index contributed by atoms with van der Waals surface area (Å²) >= 11 is 12.0. The molecular weight excluding hydrogens is 355 g/mol. The molecule has 0 saturated carbocycles. The van der Waals surface area contributed by atoms with Crippen LogP contribution in [0.15, 0.2) is 18.2 Å². The number of amides is 3. The number of benzene rings is 1. The van der Waals surface area contributed by atoms with Crippen molar-refractivity contribution >= 4 is 35.1 Å². The lowest BCUT2D eigenvalue weighted by Crippen LogP contribution is -2.46. The lowest BCUT2D eigenvalue weighted by Gasteiger charge is -2.24. The van der Waals surface area contributed by atoms with Crippen molar-refractivity contribution in [2.24, 2.45) is 0 Å². The van der Waals surface area contributed by atoms with Crippen molar-refractivity contribution in [3.63, 3.8) is 0 Å². The molecule has 1 heterocycles. The van der Waals surface area contributed by atoms with Crippen LogP contribution in [0, 0.1) is 0 Å². The van der Waals surface area contributed by atoms with Gasteiger partial charge in [-0.1, -0.05) is 43.1 Å². The first kappa shape index (κ1) is 18.8. The molecule has 24 heavy (non-hydrogen) atoms. The number of rotatable bonds is 7. The minimum absolute atomic E-state index is 0.147. The number of aliphatic hydroxyl groups is 1. The normalized spacial score (nSPS) is 17.8. The third-order valence-corrected chi connectivity index (χ3v) is 4.78. The maximum absolute atomic E-state index is 12.5. The smallest absolute Gasteiger partial charge is 0.325 e. The average molecular weight is 375 g/mol. The molecule has 1 aromatic carbocycles. The van der Waals surface area contributed by atoms with Crippen LogP contribution in [0.3, 0.4) is 0 Å². The summed E-state index contributed by atoms with van der Waals surface area (Å²) in [5, 5.41) is 13.5. The summed E-state index contributed by atoms with van der Waals surface area (Å²) in [7, 11) is 0. The van der Waals surface area contributed by atoms with Gasteiger partial charge in [-0.3, -0.25) is 9.69 Å². The van der Waals surface area contributed by atoms with Crippen LogP contribution in [0.5, 0.6) is 5.75 Å². The van der Waals surface area contributed by atoms with Crippen molar-refractivity contribution in [1.82, 2.24) is 10.2 Å². The topological polar surface area (TPSA) is 78.9 Å². The molecule has 8 heteroatoms. The number of carbonyl (C=O) groups is 2. The van der Waals surface area contributed by atoms with Gasteiger partial charge in [0, 0.05) is 0 Å². The van der Waals surface area contributed by atoms with E-state index in [1.165, 1.54) is 0 Å². The molecule has 0 spiro atoms. The third-order valence-electron chi connectivity index (χ3n) is 4.19. The molecule has 2 N–H and O–H groups in total. The SMILES string of the molecule is CCC1(CC)NC(=O)N(CC(O)COc2c(Cl)cccc2Cl)C1=O. The van der Waals surface area contributed by atoms with E-state index in [0.29, 0.717) is 22.9 Å². The molecule has 132 valence electrons. The fourth-order valence-corrected chi connectivity index (χ4v) is 3.14. The van der Waals surface area contributed by atoms with Crippen LogP contribution in [0.25, 0.3) is 0 Å². The zero-order valence-electron chi connectivity index (χ0n) is 13.5. The van der Waals surface area contributed by atoms with Crippen molar-refractivity contribution in [2.75, 3.05) is 13.2 Å². The summed E-state index contributed by atoms with van der Waals surface area (Å²) in [5.74, 6) is -0.0686. The van der Waals surface area contributed by atoms with Crippen molar-refractivity contribution in [2.45, 2.75) is 38.3 Å². The highest BCUT2D eigenvalue weighted by Crippen LogP contribution is 2.32. The quantitative estimate of drug-likeness (QED) is 0.719. The van der Waals surface area contributed by atoms with Gasteiger partial charge in [0.25, 0.3) is 5.91 Å². The maximum atomic E-state index is 12.5. The molecule has 1 saturated heterocycles. The van der Waals surface area contributed by atoms with Crippen LogP contribution in [-0.4, -0.2) is 46.7 Å². The summed E-state index contributed by atoms with van der Waals surface area (Å²) in [5.41, 5.74) is -0.885. The molecule has 2 rings (SSSR count). The Hall–Kier alpha value is -1.50. The van der Waals surface area contributed by atoms with Crippen molar-refractivity contribution in [1.29, 1.82) is 0 Å². The number of imide groups is 1. The fourth-order valence-electron chi connectivity index (χ4n) is 2.63. The van der Waals surface area contributed by atoms with E-state index in [1.54, 1.807) is 18.2 Å². The monoisotopic (exact) mass is 374 g/mol. The first-order valence-electron chi connectivity index (χ1n) is 7.73. The van der Waals surface area contributed by atoms with Gasteiger partial charge >= 0.3 is 6.03 Å². The Morgan fingerprint density at radius 3 is 2.33 bits per heavy atom. The molecule has 3 amide bonds. The maximum Gasteiger partial charge on any atom is 0.325 e. The van der Waals surface area contributed by atoms with Crippen LogP contribution in [0.1, 0.15) is 26.7 Å². The summed E-state index contributed by atoms with van der Waals surface area (Å²) in [6, 6.07) is 4.40. The summed E-state index contributed by atoms with van der Waals surface area (Å²) in [6.07, 6.45) is -0.0738. The number of hydrogen-bond acceptors (Lipinski definition) is 4. The number of para-hydroxylation sites is 1. The Morgan fingerprint density at radius 1 is 1.25 bits per heavy atom. The second-order valence-corrected chi connectivity index (χ2v) is 6.47. The van der Waals surface area contributed by atoms with E-state index in [4.69, 9.17) is 27.9 Å². The Kier molecular flexibility index (Phi) is 5.96. The van der Waals surface area contributed by atoms with E-state index >= 15 is 0 Å². The number of ether oxygens (including phenoxy) is 1. The molecular formula is C16H20Cl2N2O4. The Labute approximate surface area is 150 Å². The number of nitrogens with zero attached hydrogens (tertiary/aromatic N) is 1. The second-order valence-electron chi connectivity index (χ2n) is 5.65. The van der Waals surface area contributed by atoms with Gasteiger partial charge in [0.2, 0.25) is 0 Å². The van der Waals surface area contributed by atoms with Crippen molar-refractivity contribution in [3.8, 4) is 5.75 Å². The van der Waals surface area contributed by atoms with Crippen LogP contribution >= 0.6 is 23.2 Å². The number of nitrogens with one attached hydrogen (secondary N) is 1. The van der Waals surface area contributed by atoms with E-state index in [9.17, 15) is 14.7 Å². The van der Waals surface area contributed by atoms with E-state index in [1.807, 2.05) is 13.8 Å². The first-order chi connectivity index (χ1) is 11.3. The van der Waals surface area contributed by atoms with E-state index in [-0.39, 0.29) is 24.8 Å². The number of halogens is 2. The van der Waals surface area contributed by atoms with E-state index in [2.05, 4.69) is 5.32 Å². The molecule has 1 aliphatic rings. The fraction of sp³-hybridized carbons (Fsp3) is 0.500. The number of carbonyl (C=O) groups excluding carboxylic acids is 2. The van der Waals surface area contributed by atoms with Crippen LogP contribution in [-0.2, 0) is 4.79 Å². The molecule has 1 unspecified atom stereocenters. The molecule has 1 fully saturated rings. The summed E-state index contributed by atoms with van der Waals surface area (Å²) in [6.45, 7) is 3.37.